The van der Waals surface area contributed by atoms with Crippen LogP contribution in [-0.2, 0) is 0 Å². The topological polar surface area (TPSA) is 47.9 Å². The summed E-state index contributed by atoms with van der Waals surface area (Å²) in [5.74, 6) is 0.422. The summed E-state index contributed by atoms with van der Waals surface area (Å²) in [4.78, 5) is 9.15. The zero-order valence-electron chi connectivity index (χ0n) is 8.19. The molecule has 0 radical (unpaired) electrons. The van der Waals surface area contributed by atoms with Gasteiger partial charge < -0.3 is 4.74 Å². The third-order valence-corrected chi connectivity index (χ3v) is 2.84. The molecule has 4 nitrogen and oxygen atoms in total. The van der Waals surface area contributed by atoms with Gasteiger partial charge in [-0.25, -0.2) is 4.98 Å². The smallest absolute Gasteiger partial charge is 0.242 e. The van der Waals surface area contributed by atoms with Crippen molar-refractivity contribution in [1.82, 2.24) is 14.3 Å². The molecule has 0 atom stereocenters. The largest absolute Gasteiger partial charge is 0.479 e. The fraction of sp³-hybridized carbons (Fsp3) is 0.222. The predicted octanol–water partition coefficient (Wildman–Crippen LogP) is 2.57. The van der Waals surface area contributed by atoms with Crippen LogP contribution in [0.3, 0.4) is 0 Å². The molecule has 0 aliphatic rings. The van der Waals surface area contributed by atoms with Crippen LogP contribution < -0.4 is 4.74 Å². The van der Waals surface area contributed by atoms with E-state index < -0.39 is 0 Å². The van der Waals surface area contributed by atoms with Crippen LogP contribution in [0.15, 0.2) is 12.3 Å². The second-order valence-electron chi connectivity index (χ2n) is 2.88. The average Bonchev–Trinajstić information content (AvgIpc) is 2.64. The Hall–Kier alpha value is -1.20. The summed E-state index contributed by atoms with van der Waals surface area (Å²) < 4.78 is 9.29. The second kappa shape index (κ2) is 4.12. The Labute approximate surface area is 96.1 Å². The maximum atomic E-state index is 5.72. The molecule has 2 rings (SSSR count). The molecular weight excluding hydrogens is 234 g/mol. The highest BCUT2D eigenvalue weighted by Crippen LogP contribution is 2.30. The maximum Gasteiger partial charge on any atom is 0.242 e. The lowest BCUT2D eigenvalue weighted by molar-refractivity contribution is 0.398. The minimum atomic E-state index is 0.317. The minimum absolute atomic E-state index is 0.317. The molecule has 0 aliphatic carbocycles. The summed E-state index contributed by atoms with van der Waals surface area (Å²) in [7, 11) is 1.54. The number of halogens is 1. The summed E-state index contributed by atoms with van der Waals surface area (Å²) in [6, 6.07) is 1.94. The lowest BCUT2D eigenvalue weighted by atomic mass is 10.3. The first-order valence-corrected chi connectivity index (χ1v) is 5.36. The first kappa shape index (κ1) is 10.3. The quantitative estimate of drug-likeness (QED) is 0.811. The molecule has 2 aromatic heterocycles. The molecular formula is C9H8ClN3OS. The van der Waals surface area contributed by atoms with E-state index in [0.29, 0.717) is 16.7 Å². The summed E-state index contributed by atoms with van der Waals surface area (Å²) in [6.45, 7) is 1.93. The van der Waals surface area contributed by atoms with E-state index in [9.17, 15) is 0 Å². The van der Waals surface area contributed by atoms with Crippen LogP contribution in [0.1, 0.15) is 5.69 Å². The Bertz CT molecular complexity index is 486. The van der Waals surface area contributed by atoms with Gasteiger partial charge in [0.25, 0.3) is 0 Å². The van der Waals surface area contributed by atoms with Gasteiger partial charge in [0.1, 0.15) is 5.69 Å². The Kier molecular flexibility index (Phi) is 2.83. The molecule has 2 aromatic rings. The highest BCUT2D eigenvalue weighted by Gasteiger charge is 2.12. The zero-order chi connectivity index (χ0) is 10.8. The molecule has 0 aliphatic heterocycles. The summed E-state index contributed by atoms with van der Waals surface area (Å²) in [5, 5.41) is 0.317. The van der Waals surface area contributed by atoms with Crippen molar-refractivity contribution >= 4 is 23.1 Å². The van der Waals surface area contributed by atoms with Gasteiger partial charge in [-0.3, -0.25) is 0 Å². The van der Waals surface area contributed by atoms with Crippen LogP contribution in [0, 0.1) is 6.92 Å². The van der Waals surface area contributed by atoms with Gasteiger partial charge >= 0.3 is 0 Å². The molecule has 2 heterocycles. The third kappa shape index (κ3) is 2.08. The van der Waals surface area contributed by atoms with Crippen molar-refractivity contribution in [3.8, 4) is 16.5 Å². The van der Waals surface area contributed by atoms with Crippen molar-refractivity contribution in [2.45, 2.75) is 6.92 Å². The molecule has 0 amide bonds. The molecule has 0 unspecified atom stereocenters. The SMILES string of the molecule is COc1nc(Cl)cnc1-c1cc(C)ns1. The summed E-state index contributed by atoms with van der Waals surface area (Å²) in [5.41, 5.74) is 1.63. The van der Waals surface area contributed by atoms with Gasteiger partial charge in [0.05, 0.1) is 23.9 Å². The fourth-order valence-electron chi connectivity index (χ4n) is 1.14. The van der Waals surface area contributed by atoms with Crippen molar-refractivity contribution in [2.24, 2.45) is 0 Å². The number of hydrogen-bond acceptors (Lipinski definition) is 5. The number of hydrogen-bond donors (Lipinski definition) is 0. The Morgan fingerprint density at radius 2 is 2.27 bits per heavy atom. The molecule has 0 saturated carbocycles. The first-order chi connectivity index (χ1) is 7.20. The molecule has 0 bridgehead atoms. The van der Waals surface area contributed by atoms with Crippen molar-refractivity contribution in [2.75, 3.05) is 7.11 Å². The number of methoxy groups -OCH3 is 1. The van der Waals surface area contributed by atoms with Crippen molar-refractivity contribution in [3.63, 3.8) is 0 Å². The average molecular weight is 242 g/mol. The van der Waals surface area contributed by atoms with Crippen LogP contribution >= 0.6 is 23.1 Å². The van der Waals surface area contributed by atoms with Crippen LogP contribution in [0.25, 0.3) is 10.6 Å². The lowest BCUT2D eigenvalue weighted by Gasteiger charge is -2.03. The van der Waals surface area contributed by atoms with Crippen LogP contribution in [0.4, 0.5) is 0 Å². The monoisotopic (exact) mass is 241 g/mol. The van der Waals surface area contributed by atoms with Crippen LogP contribution in [-0.4, -0.2) is 21.5 Å². The third-order valence-electron chi connectivity index (χ3n) is 1.77. The normalized spacial score (nSPS) is 10.3. The molecule has 0 fully saturated rings. The lowest BCUT2D eigenvalue weighted by Crippen LogP contribution is -1.93. The van der Waals surface area contributed by atoms with Gasteiger partial charge in [0.15, 0.2) is 5.15 Å². The zero-order valence-corrected chi connectivity index (χ0v) is 9.76. The molecule has 6 heteroatoms. The second-order valence-corrected chi connectivity index (χ2v) is 4.08. The first-order valence-electron chi connectivity index (χ1n) is 4.21. The van der Waals surface area contributed by atoms with E-state index in [4.69, 9.17) is 16.3 Å². The van der Waals surface area contributed by atoms with E-state index in [-0.39, 0.29) is 0 Å². The Morgan fingerprint density at radius 3 is 2.87 bits per heavy atom. The van der Waals surface area contributed by atoms with Gasteiger partial charge in [0, 0.05) is 0 Å². The minimum Gasteiger partial charge on any atom is -0.479 e. The van der Waals surface area contributed by atoms with E-state index in [0.717, 1.165) is 10.6 Å². The standard InChI is InChI=1S/C9H8ClN3OS/c1-5-3-6(15-13-5)8-9(14-2)12-7(10)4-11-8/h3-4H,1-2H3. The molecule has 0 aromatic carbocycles. The molecule has 0 spiro atoms. The molecule has 78 valence electrons. The van der Waals surface area contributed by atoms with E-state index >= 15 is 0 Å². The van der Waals surface area contributed by atoms with Crippen molar-refractivity contribution < 1.29 is 4.74 Å². The predicted molar refractivity (Wildman–Crippen MR) is 59.4 cm³/mol. The Morgan fingerprint density at radius 1 is 1.47 bits per heavy atom. The van der Waals surface area contributed by atoms with Gasteiger partial charge in [0.2, 0.25) is 5.88 Å². The van der Waals surface area contributed by atoms with E-state index in [2.05, 4.69) is 14.3 Å². The van der Waals surface area contributed by atoms with Gasteiger partial charge in [-0.1, -0.05) is 11.6 Å². The molecule has 15 heavy (non-hydrogen) atoms. The van der Waals surface area contributed by atoms with Crippen molar-refractivity contribution in [1.29, 1.82) is 0 Å². The highest BCUT2D eigenvalue weighted by molar-refractivity contribution is 7.09. The fourth-order valence-corrected chi connectivity index (χ4v) is 2.01. The van der Waals surface area contributed by atoms with E-state index in [1.165, 1.54) is 24.8 Å². The van der Waals surface area contributed by atoms with E-state index in [1.807, 2.05) is 13.0 Å². The van der Waals surface area contributed by atoms with Gasteiger partial charge in [-0.15, -0.1) is 0 Å². The molecule has 0 saturated heterocycles. The number of nitrogens with zero attached hydrogens (tertiary/aromatic N) is 3. The van der Waals surface area contributed by atoms with Crippen molar-refractivity contribution in [3.05, 3.63) is 23.1 Å². The Balaban J connectivity index is 2.52. The number of aryl methyl sites for hydroxylation is 1. The van der Waals surface area contributed by atoms with Gasteiger partial charge in [-0.05, 0) is 24.5 Å². The summed E-state index contributed by atoms with van der Waals surface area (Å²) in [6.07, 6.45) is 1.49. The highest BCUT2D eigenvalue weighted by atomic mass is 35.5. The van der Waals surface area contributed by atoms with Gasteiger partial charge in [-0.2, -0.15) is 9.36 Å². The number of rotatable bonds is 2. The number of ether oxygens (including phenoxy) is 1. The summed E-state index contributed by atoms with van der Waals surface area (Å²) >= 11 is 7.08. The van der Waals surface area contributed by atoms with Crippen LogP contribution in [0.2, 0.25) is 5.15 Å². The molecule has 0 N–H and O–H groups in total. The maximum absolute atomic E-state index is 5.72. The van der Waals surface area contributed by atoms with Crippen LogP contribution in [0.5, 0.6) is 5.88 Å². The number of aromatic nitrogens is 3. The van der Waals surface area contributed by atoms with E-state index in [1.54, 1.807) is 0 Å².